The maximum absolute atomic E-state index is 12.2. The number of carbonyl (C=O) groups is 2. The van der Waals surface area contributed by atoms with Crippen LogP contribution in [0, 0.1) is 15.5 Å². The number of phenols is 6. The molecular formula is C99H127N13O20P2S2. The summed E-state index contributed by atoms with van der Waals surface area (Å²) in [6.45, 7) is 28.8. The Hall–Kier alpha value is -13.0. The summed E-state index contributed by atoms with van der Waals surface area (Å²) in [4.78, 5) is 79.1. The third-order valence-corrected chi connectivity index (χ3v) is 24.7. The van der Waals surface area contributed by atoms with E-state index in [9.17, 15) is 54.9 Å². The van der Waals surface area contributed by atoms with Crippen LogP contribution in [0.2, 0.25) is 0 Å². The largest absolute Gasteiger partial charge is 0.508 e. The van der Waals surface area contributed by atoms with Crippen LogP contribution in [0.15, 0.2) is 146 Å². The standard InChI is InChI=1S/C27H33N3O4S.C25H34N3O6P.C24H30N4O4S.C23H30N3O6P/c1-16(2)19-13-20(23(31)14-25(19)34-26(32)17(3)4)22-15-28-27(35)30(22)18-8-9-24(33-5)21(12-18)29-10-6-7-11-29;1-8-27(5)20-12-17(10-11-24(20)32-6)28-21(15-26-25(28)34-35(7,31)33-9-2)19-13-18(16(3)4)22(29)14-23(19)30;1-14(2)16-11-17(20(29)12-22(16)32-24(30)27(5)6)19-13-25-23(33)28(19)15-8-9-21(31-7)18(10-15)26(3)4;1-7-25(4)18-10-15(8-9-22(18)31-5)26-19(13-24-23(26)32-33(6,29)30)17-11-16(14(2)3)20(27)12-21(17)28/h8-9,12-17,31H,6-7,10-11H2,1-5H3,(H,28,35);10-16,29-31H,7-9H2,1-6H3;8-14,29H,1-7H3,(H,25,33);8-14,27-30H,6-7H2,1-5H3. The number of ether oxygens (including phenoxy) is 6. The molecule has 33 nitrogen and oxygen atoms in total. The van der Waals surface area contributed by atoms with Gasteiger partial charge in [-0.2, -0.15) is 0 Å². The first-order valence-electron chi connectivity index (χ1n) is 44.3. The molecule has 1 amide bonds. The number of aromatic hydroxyl groups is 6. The number of H-pyrrole nitrogens is 2. The van der Waals surface area contributed by atoms with E-state index >= 15 is 0 Å². The molecule has 4 aromatic heterocycles. The average Bonchev–Trinajstić information content (AvgIpc) is 1.60. The van der Waals surface area contributed by atoms with E-state index in [1.54, 1.807) is 109 Å². The van der Waals surface area contributed by atoms with Crippen molar-refractivity contribution in [3.63, 3.8) is 0 Å². The summed E-state index contributed by atoms with van der Waals surface area (Å²) in [6, 6.07) is 35.4. The van der Waals surface area contributed by atoms with E-state index in [4.69, 9.17) is 66.4 Å². The first kappa shape index (κ1) is 105. The zero-order valence-electron chi connectivity index (χ0n) is 81.3. The van der Waals surface area contributed by atoms with Crippen molar-refractivity contribution in [3.05, 3.63) is 178 Å². The van der Waals surface area contributed by atoms with E-state index in [2.05, 4.69) is 43.5 Å². The molecule has 0 radical (unpaired) electrons. The molecule has 1 atom stereocenters. The molecule has 12 aromatic rings. The topological polar surface area (TPSA) is 393 Å². The second kappa shape index (κ2) is 45.1. The van der Waals surface area contributed by atoms with Gasteiger partial charge in [0.05, 0.1) is 122 Å². The van der Waals surface area contributed by atoms with Crippen molar-refractivity contribution in [1.82, 2.24) is 43.1 Å². The zero-order valence-corrected chi connectivity index (χ0v) is 84.7. The Kier molecular flexibility index (Phi) is 34.9. The van der Waals surface area contributed by atoms with Gasteiger partial charge in [0.1, 0.15) is 69.0 Å². The highest BCUT2D eigenvalue weighted by atomic mass is 32.1. The molecule has 0 saturated carbocycles. The first-order valence-corrected chi connectivity index (χ1v) is 48.6. The van der Waals surface area contributed by atoms with Crippen molar-refractivity contribution in [3.8, 4) is 149 Å². The lowest BCUT2D eigenvalue weighted by Gasteiger charge is -2.23. The van der Waals surface area contributed by atoms with Crippen LogP contribution in [0.3, 0.4) is 0 Å². The molecular weight excluding hydrogens is 1820 g/mol. The number of phenolic OH excluding ortho intramolecular Hbond substituents is 6. The fraction of sp³-hybridized carbons (Fsp3) is 0.354. The number of imidazole rings is 4. The molecule has 0 bridgehead atoms. The van der Waals surface area contributed by atoms with Gasteiger partial charge in [-0.3, -0.25) is 23.1 Å². The summed E-state index contributed by atoms with van der Waals surface area (Å²) in [7, 11) is 10.1. The van der Waals surface area contributed by atoms with Gasteiger partial charge in [-0.15, -0.1) is 0 Å². The lowest BCUT2D eigenvalue weighted by molar-refractivity contribution is -0.137. The lowest BCUT2D eigenvalue weighted by Crippen LogP contribution is -2.25. The summed E-state index contributed by atoms with van der Waals surface area (Å²) in [6.07, 6.45) is 15.3. The van der Waals surface area contributed by atoms with Gasteiger partial charge in [-0.25, -0.2) is 14.8 Å². The van der Waals surface area contributed by atoms with E-state index in [0.717, 1.165) is 95.8 Å². The Morgan fingerprint density at radius 3 is 1.18 bits per heavy atom. The molecule has 11 N–H and O–H groups in total. The summed E-state index contributed by atoms with van der Waals surface area (Å²) in [5.74, 6) is 2.83. The molecule has 8 aromatic carbocycles. The number of hydrogen-bond donors (Lipinski definition) is 11. The molecule has 37 heteroatoms. The van der Waals surface area contributed by atoms with Gasteiger partial charge < -0.3 is 122 Å². The van der Waals surface area contributed by atoms with Crippen molar-refractivity contribution in [1.29, 1.82) is 0 Å². The maximum Gasteiger partial charge on any atom is 0.414 e. The number of carbonyl (C=O) groups excluding carboxylic acids is 2. The number of nitrogens with one attached hydrogen (secondary N) is 2. The number of benzene rings is 8. The Labute approximate surface area is 804 Å². The number of methoxy groups -OCH3 is 4. The Bertz CT molecular complexity index is 6500. The number of aromatic nitrogens is 8. The zero-order chi connectivity index (χ0) is 100. The normalized spacial score (nSPS) is 12.3. The van der Waals surface area contributed by atoms with Crippen LogP contribution in [-0.2, 0) is 9.32 Å². The van der Waals surface area contributed by atoms with Gasteiger partial charge in [-0.1, -0.05) is 69.2 Å². The van der Waals surface area contributed by atoms with Gasteiger partial charge in [0.25, 0.3) is 7.57 Å². The van der Waals surface area contributed by atoms with Gasteiger partial charge in [0, 0.05) is 127 Å². The van der Waals surface area contributed by atoms with E-state index in [-0.39, 0.29) is 88.7 Å². The third kappa shape index (κ3) is 24.3. The fourth-order valence-corrected chi connectivity index (χ4v) is 16.9. The van der Waals surface area contributed by atoms with Crippen LogP contribution < -0.4 is 57.1 Å². The Morgan fingerprint density at radius 2 is 0.809 bits per heavy atom. The highest BCUT2D eigenvalue weighted by Gasteiger charge is 2.31. The molecule has 13 rings (SSSR count). The number of rotatable bonds is 31. The van der Waals surface area contributed by atoms with E-state index in [1.807, 2.05) is 188 Å². The Balaban J connectivity index is 0.000000187. The quantitative estimate of drug-likeness (QED) is 0.00832. The van der Waals surface area contributed by atoms with Crippen LogP contribution in [0.25, 0.3) is 67.8 Å². The highest BCUT2D eigenvalue weighted by Crippen LogP contribution is 2.51. The van der Waals surface area contributed by atoms with Crippen molar-refractivity contribution < 1.29 is 96.9 Å². The molecule has 1 unspecified atom stereocenters. The van der Waals surface area contributed by atoms with Crippen LogP contribution >= 0.6 is 39.6 Å². The molecule has 136 heavy (non-hydrogen) atoms. The molecule has 0 spiro atoms. The second-order valence-corrected chi connectivity index (χ2v) is 38.2. The summed E-state index contributed by atoms with van der Waals surface area (Å²) in [5.41, 5.74) is 13.7. The number of nitrogens with zero attached hydrogens (tertiary/aromatic N) is 11. The molecule has 5 heterocycles. The maximum atomic E-state index is 12.2. The van der Waals surface area contributed by atoms with Crippen molar-refractivity contribution in [2.75, 3.05) is 123 Å². The molecule has 1 aliphatic rings. The summed E-state index contributed by atoms with van der Waals surface area (Å²) < 4.78 is 57.6. The van der Waals surface area contributed by atoms with Crippen LogP contribution in [0.1, 0.15) is 149 Å². The monoisotopic (exact) mass is 1940 g/mol. The first-order chi connectivity index (χ1) is 64.2. The number of amides is 1. The predicted molar refractivity (Wildman–Crippen MR) is 545 cm³/mol. The minimum absolute atomic E-state index is 0.00413. The molecule has 1 saturated heterocycles. The van der Waals surface area contributed by atoms with Crippen molar-refractivity contribution >= 4 is 87.0 Å². The highest BCUT2D eigenvalue weighted by molar-refractivity contribution is 7.71. The second-order valence-electron chi connectivity index (χ2n) is 34.2. The van der Waals surface area contributed by atoms with E-state index < -0.39 is 21.2 Å². The number of hydrogen-bond acceptors (Lipinski definition) is 28. The summed E-state index contributed by atoms with van der Waals surface area (Å²) in [5, 5.41) is 63.9. The predicted octanol–water partition coefficient (Wildman–Crippen LogP) is 20.6. The molecule has 0 aliphatic carbocycles. The minimum atomic E-state index is -3.93. The molecule has 1 fully saturated rings. The van der Waals surface area contributed by atoms with Crippen LogP contribution in [-0.4, -0.2) is 217 Å². The number of anilines is 4. The van der Waals surface area contributed by atoms with E-state index in [1.165, 1.54) is 41.6 Å². The van der Waals surface area contributed by atoms with Crippen LogP contribution in [0.5, 0.6) is 81.0 Å². The lowest BCUT2D eigenvalue weighted by atomic mass is 9.97. The molecule has 730 valence electrons. The fourth-order valence-electron chi connectivity index (χ4n) is 15.2. The van der Waals surface area contributed by atoms with Crippen LogP contribution in [0.4, 0.5) is 27.5 Å². The minimum Gasteiger partial charge on any atom is -0.508 e. The van der Waals surface area contributed by atoms with Gasteiger partial charge in [0.15, 0.2) is 9.54 Å². The van der Waals surface area contributed by atoms with Gasteiger partial charge >= 0.3 is 31.7 Å². The van der Waals surface area contributed by atoms with Gasteiger partial charge in [-0.05, 0) is 214 Å². The summed E-state index contributed by atoms with van der Waals surface area (Å²) >= 11 is 11.2. The average molecular weight is 1950 g/mol. The van der Waals surface area contributed by atoms with Gasteiger partial charge in [0.2, 0.25) is 0 Å². The van der Waals surface area contributed by atoms with E-state index in [0.29, 0.717) is 100 Å². The number of esters is 1. The van der Waals surface area contributed by atoms with Crippen molar-refractivity contribution in [2.24, 2.45) is 5.92 Å². The molecule has 1 aliphatic heterocycles. The van der Waals surface area contributed by atoms with Crippen molar-refractivity contribution in [2.45, 2.75) is 127 Å². The number of aromatic amines is 2. The Morgan fingerprint density at radius 1 is 0.449 bits per heavy atom. The third-order valence-electron chi connectivity index (χ3n) is 22.6. The SMILES string of the molecule is C=P(O)(O)Oc1ncc(-c2cc(C(C)C)c(O)cc2O)n1-c1ccc(OC)c(N(C)CC)c1.C=P(O)(OCC)Oc1ncc(-c2cc(C(C)C)c(O)cc2O)n1-c1ccc(OC)c(N(C)CC)c1.COc1ccc(-n2c(-c3cc(C(C)C)c(OC(=O)C(C)C)cc3O)c[nH]c2=S)cc1N1CCCC1.COc1ccc(-n2c(-c3cc(C(C)C)c(OC(=O)N(C)C)cc3O)c[nH]c2=S)cc1N(C)C. The smallest absolute Gasteiger partial charge is 0.414 e.